The minimum atomic E-state index is -0.0763. The zero-order chi connectivity index (χ0) is 14.6. The highest BCUT2D eigenvalue weighted by molar-refractivity contribution is 5.80. The number of ether oxygens (including phenoxy) is 2. The molecule has 5 heteroatoms. The van der Waals surface area contributed by atoms with Crippen molar-refractivity contribution in [1.82, 2.24) is 5.32 Å². The van der Waals surface area contributed by atoms with Crippen LogP contribution in [0.25, 0.3) is 0 Å². The predicted molar refractivity (Wildman–Crippen MR) is 80.1 cm³/mol. The summed E-state index contributed by atoms with van der Waals surface area (Å²) in [5.74, 6) is 0.675. The van der Waals surface area contributed by atoms with Crippen LogP contribution in [-0.4, -0.2) is 38.8 Å². The molecule has 0 radical (unpaired) electrons. The lowest BCUT2D eigenvalue weighted by Crippen LogP contribution is -2.29. The van der Waals surface area contributed by atoms with E-state index in [9.17, 15) is 4.79 Å². The van der Waals surface area contributed by atoms with Gasteiger partial charge in [-0.3, -0.25) is 4.79 Å². The molecule has 0 bridgehead atoms. The van der Waals surface area contributed by atoms with E-state index in [-0.39, 0.29) is 12.5 Å². The van der Waals surface area contributed by atoms with E-state index in [1.807, 2.05) is 31.2 Å². The fourth-order valence-corrected chi connectivity index (χ4v) is 1.49. The van der Waals surface area contributed by atoms with Gasteiger partial charge in [0.05, 0.1) is 13.2 Å². The number of carbonyl (C=O) groups is 1. The molecule has 0 saturated heterocycles. The van der Waals surface area contributed by atoms with Gasteiger partial charge in [-0.15, -0.1) is 6.58 Å². The molecule has 0 aromatic heterocycles. The van der Waals surface area contributed by atoms with Crippen LogP contribution in [0.4, 0.5) is 5.69 Å². The van der Waals surface area contributed by atoms with Crippen LogP contribution in [0.1, 0.15) is 6.92 Å². The van der Waals surface area contributed by atoms with Gasteiger partial charge in [0.25, 0.3) is 0 Å². The average Bonchev–Trinajstić information content (AvgIpc) is 2.48. The van der Waals surface area contributed by atoms with Gasteiger partial charge in [-0.1, -0.05) is 12.1 Å². The first-order chi connectivity index (χ1) is 9.76. The molecule has 2 N–H and O–H groups in total. The van der Waals surface area contributed by atoms with Gasteiger partial charge in [0.1, 0.15) is 12.4 Å². The van der Waals surface area contributed by atoms with Gasteiger partial charge in [-0.25, -0.2) is 0 Å². The summed E-state index contributed by atoms with van der Waals surface area (Å²) in [6, 6.07) is 7.48. The largest absolute Gasteiger partial charge is 0.491 e. The Morgan fingerprint density at radius 3 is 3.00 bits per heavy atom. The molecule has 1 aromatic rings. The Morgan fingerprint density at radius 1 is 1.40 bits per heavy atom. The number of nitrogens with one attached hydrogen (secondary N) is 2. The molecule has 0 heterocycles. The third kappa shape index (κ3) is 6.80. The molecule has 0 fully saturated rings. The summed E-state index contributed by atoms with van der Waals surface area (Å²) >= 11 is 0. The van der Waals surface area contributed by atoms with Gasteiger partial charge in [-0.05, 0) is 19.1 Å². The summed E-state index contributed by atoms with van der Waals surface area (Å²) in [4.78, 5) is 11.4. The quantitative estimate of drug-likeness (QED) is 0.506. The summed E-state index contributed by atoms with van der Waals surface area (Å²) < 4.78 is 10.7. The molecule has 20 heavy (non-hydrogen) atoms. The van der Waals surface area contributed by atoms with E-state index in [0.29, 0.717) is 26.4 Å². The number of hydrogen-bond acceptors (Lipinski definition) is 4. The number of amides is 1. The van der Waals surface area contributed by atoms with Gasteiger partial charge < -0.3 is 20.1 Å². The highest BCUT2D eigenvalue weighted by Crippen LogP contribution is 2.16. The lowest BCUT2D eigenvalue weighted by molar-refractivity contribution is -0.119. The number of hydrogen-bond donors (Lipinski definition) is 2. The van der Waals surface area contributed by atoms with Crippen LogP contribution in [0.15, 0.2) is 36.9 Å². The second kappa shape index (κ2) is 9.86. The van der Waals surface area contributed by atoms with Crippen molar-refractivity contribution in [2.75, 3.05) is 38.2 Å². The molecule has 0 spiro atoms. The van der Waals surface area contributed by atoms with E-state index in [1.165, 1.54) is 0 Å². The number of rotatable bonds is 10. The van der Waals surface area contributed by atoms with Crippen LogP contribution >= 0.6 is 0 Å². The van der Waals surface area contributed by atoms with E-state index in [0.717, 1.165) is 11.4 Å². The molecule has 1 amide bonds. The van der Waals surface area contributed by atoms with Crippen LogP contribution in [0.3, 0.4) is 0 Å². The Labute approximate surface area is 120 Å². The molecule has 0 atom stereocenters. The first-order valence-electron chi connectivity index (χ1n) is 6.68. The molecule has 1 aromatic carbocycles. The van der Waals surface area contributed by atoms with Crippen LogP contribution in [0, 0.1) is 0 Å². The Morgan fingerprint density at radius 2 is 2.25 bits per heavy atom. The van der Waals surface area contributed by atoms with Crippen molar-refractivity contribution in [2.24, 2.45) is 0 Å². The molecular formula is C15H22N2O3. The fourth-order valence-electron chi connectivity index (χ4n) is 1.49. The highest BCUT2D eigenvalue weighted by Gasteiger charge is 2.01. The second-order valence-electron chi connectivity index (χ2n) is 4.02. The van der Waals surface area contributed by atoms with Crippen molar-refractivity contribution < 1.29 is 14.3 Å². The van der Waals surface area contributed by atoms with Crippen molar-refractivity contribution in [3.63, 3.8) is 0 Å². The Kier molecular flexibility index (Phi) is 7.91. The maximum Gasteiger partial charge on any atom is 0.239 e. The van der Waals surface area contributed by atoms with Crippen molar-refractivity contribution in [3.8, 4) is 5.75 Å². The summed E-state index contributed by atoms with van der Waals surface area (Å²) in [6.45, 7) is 7.94. The molecule has 110 valence electrons. The summed E-state index contributed by atoms with van der Waals surface area (Å²) in [7, 11) is 0. The molecule has 0 saturated carbocycles. The third-order valence-electron chi connectivity index (χ3n) is 2.43. The number of benzene rings is 1. The third-order valence-corrected chi connectivity index (χ3v) is 2.43. The predicted octanol–water partition coefficient (Wildman–Crippen LogP) is 1.82. The topological polar surface area (TPSA) is 59.6 Å². The van der Waals surface area contributed by atoms with Gasteiger partial charge in [0, 0.05) is 24.9 Å². The molecule has 5 nitrogen and oxygen atoms in total. The van der Waals surface area contributed by atoms with Crippen LogP contribution in [0.2, 0.25) is 0 Å². The van der Waals surface area contributed by atoms with Crippen molar-refractivity contribution in [2.45, 2.75) is 6.92 Å². The number of carbonyl (C=O) groups excluding carboxylic acids is 1. The average molecular weight is 278 g/mol. The Hall–Kier alpha value is -2.01. The highest BCUT2D eigenvalue weighted by atomic mass is 16.5. The van der Waals surface area contributed by atoms with Crippen LogP contribution < -0.4 is 15.4 Å². The Balaban J connectivity index is 2.35. The minimum absolute atomic E-state index is 0.0763. The smallest absolute Gasteiger partial charge is 0.239 e. The summed E-state index contributed by atoms with van der Waals surface area (Å²) in [6.07, 6.45) is 1.64. The molecule has 0 aliphatic heterocycles. The van der Waals surface area contributed by atoms with E-state index < -0.39 is 0 Å². The van der Waals surface area contributed by atoms with Gasteiger partial charge in [0.15, 0.2) is 0 Å². The van der Waals surface area contributed by atoms with Crippen molar-refractivity contribution in [3.05, 3.63) is 36.9 Å². The maximum absolute atomic E-state index is 11.4. The maximum atomic E-state index is 11.4. The monoisotopic (exact) mass is 278 g/mol. The standard InChI is InChI=1S/C15H22N2O3/c1-3-8-16-15(18)12-17-13-6-5-7-14(11-13)20-10-9-19-4-2/h3,5-7,11,17H,1,4,8-10,12H2,2H3,(H,16,18). The lowest BCUT2D eigenvalue weighted by Gasteiger charge is -2.10. The number of anilines is 1. The van der Waals surface area contributed by atoms with E-state index in [4.69, 9.17) is 9.47 Å². The van der Waals surface area contributed by atoms with Crippen LogP contribution in [-0.2, 0) is 9.53 Å². The Bertz CT molecular complexity index is 421. The van der Waals surface area contributed by atoms with Crippen molar-refractivity contribution in [1.29, 1.82) is 0 Å². The van der Waals surface area contributed by atoms with Gasteiger partial charge >= 0.3 is 0 Å². The summed E-state index contributed by atoms with van der Waals surface area (Å²) in [5, 5.41) is 5.74. The normalized spacial score (nSPS) is 9.85. The first kappa shape index (κ1) is 16.0. The molecule has 0 aliphatic carbocycles. The SMILES string of the molecule is C=CCNC(=O)CNc1cccc(OCCOCC)c1. The van der Waals surface area contributed by atoms with Gasteiger partial charge in [0.2, 0.25) is 5.91 Å². The molecule has 0 aliphatic rings. The minimum Gasteiger partial charge on any atom is -0.491 e. The fraction of sp³-hybridized carbons (Fsp3) is 0.400. The second-order valence-corrected chi connectivity index (χ2v) is 4.02. The van der Waals surface area contributed by atoms with Gasteiger partial charge in [-0.2, -0.15) is 0 Å². The van der Waals surface area contributed by atoms with E-state index in [1.54, 1.807) is 6.08 Å². The first-order valence-corrected chi connectivity index (χ1v) is 6.68. The molecule has 1 rings (SSSR count). The lowest BCUT2D eigenvalue weighted by atomic mass is 10.3. The van der Waals surface area contributed by atoms with Crippen LogP contribution in [0.5, 0.6) is 5.75 Å². The van der Waals surface area contributed by atoms with E-state index in [2.05, 4.69) is 17.2 Å². The zero-order valence-electron chi connectivity index (χ0n) is 11.9. The van der Waals surface area contributed by atoms with Crippen molar-refractivity contribution >= 4 is 11.6 Å². The van der Waals surface area contributed by atoms with E-state index >= 15 is 0 Å². The molecule has 0 unspecified atom stereocenters. The zero-order valence-corrected chi connectivity index (χ0v) is 11.9. The molecular weight excluding hydrogens is 256 g/mol. The summed E-state index contributed by atoms with van der Waals surface area (Å²) in [5.41, 5.74) is 0.840.